The third kappa shape index (κ3) is 8.13. The molecule has 0 fully saturated rings. The molecular formula is C14H17Cl2NZr. The van der Waals surface area contributed by atoms with Crippen LogP contribution in [0.2, 0.25) is 0 Å². The van der Waals surface area contributed by atoms with Gasteiger partial charge in [0, 0.05) is 0 Å². The molecule has 1 heterocycles. The van der Waals surface area contributed by atoms with Gasteiger partial charge < -0.3 is 29.8 Å². The predicted octanol–water partition coefficient (Wildman–Crippen LogP) is -2.31. The fourth-order valence-electron chi connectivity index (χ4n) is 1.10. The van der Waals surface area contributed by atoms with Crippen molar-refractivity contribution < 1.29 is 51.0 Å². The fraction of sp³-hybridized carbons (Fsp3) is 0.286. The quantitative estimate of drug-likeness (QED) is 0.500. The third-order valence-corrected chi connectivity index (χ3v) is 2.28. The van der Waals surface area contributed by atoms with Gasteiger partial charge in [-0.3, -0.25) is 0 Å². The van der Waals surface area contributed by atoms with Crippen molar-refractivity contribution in [2.24, 2.45) is 0 Å². The van der Waals surface area contributed by atoms with Crippen LogP contribution in [0.15, 0.2) is 35.6 Å². The summed E-state index contributed by atoms with van der Waals surface area (Å²) in [7, 11) is 0. The van der Waals surface area contributed by atoms with Gasteiger partial charge in [0.2, 0.25) is 0 Å². The summed E-state index contributed by atoms with van der Waals surface area (Å²) in [6.45, 7) is 8.27. The topological polar surface area (TPSA) is 15.8 Å². The number of H-pyrrole nitrogens is 1. The summed E-state index contributed by atoms with van der Waals surface area (Å²) in [5, 5.41) is 0. The van der Waals surface area contributed by atoms with Crippen LogP contribution < -0.4 is 24.8 Å². The van der Waals surface area contributed by atoms with Gasteiger partial charge in [-0.1, -0.05) is 27.7 Å². The maximum Gasteiger partial charge on any atom is 4.00 e. The second-order valence-electron chi connectivity index (χ2n) is 3.81. The smallest absolute Gasteiger partial charge is 1.00 e. The van der Waals surface area contributed by atoms with E-state index in [1.54, 1.807) is 0 Å². The molecule has 1 nitrogen and oxygen atoms in total. The Morgan fingerprint density at radius 1 is 1.17 bits per heavy atom. The molecule has 0 unspecified atom stereocenters. The maximum absolute atomic E-state index is 3.10. The Morgan fingerprint density at radius 2 is 1.78 bits per heavy atom. The second-order valence-corrected chi connectivity index (χ2v) is 3.81. The zero-order chi connectivity index (χ0) is 11.3. The summed E-state index contributed by atoms with van der Waals surface area (Å²) >= 11 is 0. The molecule has 0 bridgehead atoms. The van der Waals surface area contributed by atoms with Crippen LogP contribution in [0.5, 0.6) is 0 Å². The minimum atomic E-state index is 0. The van der Waals surface area contributed by atoms with Crippen LogP contribution in [0.3, 0.4) is 0 Å². The van der Waals surface area contributed by atoms with Gasteiger partial charge in [-0.25, -0.2) is 0 Å². The molecule has 4 heteroatoms. The molecule has 1 N–H and O–H groups in total. The standard InChI is InChI=1S/C8H9.C6H8N.2ClH.Zr/c1-7(2)8-5-3-4-6-8;1-5-3-7-4-6(5)2;;;/h3-5H,1-2H3;3,7H,1-2H3;2*1H;/q2*-1;;;+4/p-2. The van der Waals surface area contributed by atoms with Gasteiger partial charge >= 0.3 is 26.2 Å². The Bertz CT molecular complexity index is 383. The van der Waals surface area contributed by atoms with Gasteiger partial charge in [-0.05, 0) is 0 Å². The molecule has 0 aliphatic heterocycles. The van der Waals surface area contributed by atoms with Crippen molar-refractivity contribution in [3.05, 3.63) is 59.0 Å². The molecule has 18 heavy (non-hydrogen) atoms. The zero-order valence-corrected chi connectivity index (χ0v) is 15.0. The van der Waals surface area contributed by atoms with Gasteiger partial charge in [0.05, 0.1) is 0 Å². The van der Waals surface area contributed by atoms with Crippen molar-refractivity contribution in [3.63, 3.8) is 0 Å². The summed E-state index contributed by atoms with van der Waals surface area (Å²) in [6.07, 6.45) is 14.0. The average molecular weight is 361 g/mol. The zero-order valence-electron chi connectivity index (χ0n) is 11.1. The fourth-order valence-corrected chi connectivity index (χ4v) is 1.10. The summed E-state index contributed by atoms with van der Waals surface area (Å²) in [4.78, 5) is 2.87. The molecule has 2 rings (SSSR count). The maximum atomic E-state index is 3.10. The first kappa shape index (κ1) is 23.1. The first-order valence-corrected chi connectivity index (χ1v) is 5.07. The molecule has 0 amide bonds. The summed E-state index contributed by atoms with van der Waals surface area (Å²) in [5.41, 5.74) is 5.04. The molecule has 0 saturated carbocycles. The largest absolute Gasteiger partial charge is 4.00 e. The monoisotopic (exact) mass is 359 g/mol. The number of rotatable bonds is 0. The number of halogens is 2. The van der Waals surface area contributed by atoms with Crippen LogP contribution in [0.4, 0.5) is 0 Å². The molecule has 0 radical (unpaired) electrons. The molecule has 1 aromatic heterocycles. The second kappa shape index (κ2) is 12.0. The van der Waals surface area contributed by atoms with Gasteiger partial charge in [0.25, 0.3) is 0 Å². The van der Waals surface area contributed by atoms with E-state index in [4.69, 9.17) is 0 Å². The van der Waals surface area contributed by atoms with Crippen molar-refractivity contribution in [1.82, 2.24) is 4.98 Å². The molecule has 1 aliphatic rings. The Morgan fingerprint density at radius 3 is 1.94 bits per heavy atom. The molecule has 0 saturated heterocycles. The van der Waals surface area contributed by atoms with E-state index in [0.29, 0.717) is 0 Å². The van der Waals surface area contributed by atoms with E-state index in [1.807, 2.05) is 25.3 Å². The van der Waals surface area contributed by atoms with E-state index in [1.165, 1.54) is 22.3 Å². The molecular weight excluding hydrogens is 344 g/mol. The van der Waals surface area contributed by atoms with E-state index in [2.05, 4.69) is 44.1 Å². The number of allylic oxidation sites excluding steroid dienone is 6. The summed E-state index contributed by atoms with van der Waals surface area (Å²) in [6, 6.07) is 0. The number of aromatic nitrogens is 1. The number of aryl methyl sites for hydroxylation is 2. The van der Waals surface area contributed by atoms with Crippen LogP contribution in [0.1, 0.15) is 25.0 Å². The van der Waals surface area contributed by atoms with Crippen molar-refractivity contribution in [1.29, 1.82) is 0 Å². The number of nitrogens with one attached hydrogen (secondary N) is 1. The van der Waals surface area contributed by atoms with Crippen molar-refractivity contribution in [2.45, 2.75) is 27.7 Å². The summed E-state index contributed by atoms with van der Waals surface area (Å²) < 4.78 is 0. The van der Waals surface area contributed by atoms with Gasteiger partial charge in [0.15, 0.2) is 0 Å². The van der Waals surface area contributed by atoms with Crippen LogP contribution in [-0.2, 0) is 26.2 Å². The van der Waals surface area contributed by atoms with Crippen molar-refractivity contribution >= 4 is 0 Å². The first-order chi connectivity index (χ1) is 7.11. The minimum absolute atomic E-state index is 0. The van der Waals surface area contributed by atoms with Crippen molar-refractivity contribution in [2.75, 3.05) is 0 Å². The van der Waals surface area contributed by atoms with Crippen LogP contribution in [-0.4, -0.2) is 4.98 Å². The normalized spacial score (nSPS) is 10.6. The van der Waals surface area contributed by atoms with E-state index in [9.17, 15) is 0 Å². The molecule has 0 aromatic carbocycles. The third-order valence-electron chi connectivity index (χ3n) is 2.28. The molecule has 1 aromatic rings. The van der Waals surface area contributed by atoms with Crippen molar-refractivity contribution in [3.8, 4) is 0 Å². The predicted molar refractivity (Wildman–Crippen MR) is 64.4 cm³/mol. The van der Waals surface area contributed by atoms with E-state index >= 15 is 0 Å². The number of hydrogen-bond donors (Lipinski definition) is 1. The SMILES string of the molecule is CC(C)=C1[C-]=CC=C1.Cc1[c-][nH]cc1C.[Cl-].[Cl-].[Zr+4]. The van der Waals surface area contributed by atoms with Crippen LogP contribution >= 0.6 is 0 Å². The Labute approximate surface area is 142 Å². The Hall–Kier alpha value is -0.0369. The molecule has 1 aliphatic carbocycles. The van der Waals surface area contributed by atoms with Gasteiger partial charge in [-0.15, -0.1) is 24.0 Å². The summed E-state index contributed by atoms with van der Waals surface area (Å²) in [5.74, 6) is 0. The van der Waals surface area contributed by atoms with E-state index in [-0.39, 0.29) is 51.0 Å². The van der Waals surface area contributed by atoms with Crippen LogP contribution in [0, 0.1) is 26.1 Å². The minimum Gasteiger partial charge on any atom is -1.00 e. The van der Waals surface area contributed by atoms with Gasteiger partial charge in [-0.2, -0.15) is 34.9 Å². The molecule has 96 valence electrons. The average Bonchev–Trinajstić information content (AvgIpc) is 2.80. The Kier molecular flexibility index (Phi) is 15.4. The molecule has 0 atom stereocenters. The number of hydrogen-bond acceptors (Lipinski definition) is 0. The number of aromatic amines is 1. The van der Waals surface area contributed by atoms with Gasteiger partial charge in [0.1, 0.15) is 0 Å². The first-order valence-electron chi connectivity index (χ1n) is 5.07. The van der Waals surface area contributed by atoms with E-state index < -0.39 is 0 Å². The molecule has 0 spiro atoms. The van der Waals surface area contributed by atoms with E-state index in [0.717, 1.165) is 0 Å². The van der Waals surface area contributed by atoms with Crippen LogP contribution in [0.25, 0.3) is 0 Å². The Balaban J connectivity index is -0.000000215.